The molecule has 118 valence electrons. The molecule has 3 rings (SSSR count). The molecule has 0 amide bonds. The van der Waals surface area contributed by atoms with E-state index in [-0.39, 0.29) is 0 Å². The van der Waals surface area contributed by atoms with Crippen molar-refractivity contribution in [2.45, 2.75) is 89.1 Å². The van der Waals surface area contributed by atoms with Crippen molar-refractivity contribution in [2.75, 3.05) is 6.54 Å². The third-order valence-electron chi connectivity index (χ3n) is 5.91. The number of nitrogens with zero attached hydrogens (tertiary/aromatic N) is 2. The number of nitrogens with one attached hydrogen (secondary N) is 1. The summed E-state index contributed by atoms with van der Waals surface area (Å²) in [5.41, 5.74) is 1.90. The van der Waals surface area contributed by atoms with Crippen molar-refractivity contribution in [3.63, 3.8) is 0 Å². The Bertz CT molecular complexity index is 436. The molecule has 1 saturated carbocycles. The highest BCUT2D eigenvalue weighted by Crippen LogP contribution is 2.40. The van der Waals surface area contributed by atoms with Gasteiger partial charge in [-0.25, -0.2) is 4.98 Å². The second kappa shape index (κ2) is 6.51. The maximum atomic E-state index is 4.49. The number of piperidine rings is 1. The van der Waals surface area contributed by atoms with E-state index in [0.717, 1.165) is 0 Å². The van der Waals surface area contributed by atoms with E-state index in [1.807, 2.05) is 0 Å². The Morgan fingerprint density at radius 3 is 2.76 bits per heavy atom. The van der Waals surface area contributed by atoms with E-state index in [1.165, 1.54) is 70.0 Å². The van der Waals surface area contributed by atoms with Crippen LogP contribution < -0.4 is 5.32 Å². The Morgan fingerprint density at radius 2 is 2.05 bits per heavy atom. The predicted octanol–water partition coefficient (Wildman–Crippen LogP) is 4.41. The van der Waals surface area contributed by atoms with Gasteiger partial charge in [0.1, 0.15) is 0 Å². The Morgan fingerprint density at radius 1 is 1.29 bits per heavy atom. The minimum atomic E-state index is 0.427. The SMILES string of the molecule is CCC(CC)c1cncn1C1CCNC2(CCCCC2)C1. The van der Waals surface area contributed by atoms with E-state index in [0.29, 0.717) is 17.5 Å². The number of imidazole rings is 1. The van der Waals surface area contributed by atoms with Gasteiger partial charge in [-0.2, -0.15) is 0 Å². The van der Waals surface area contributed by atoms with Gasteiger partial charge in [0.15, 0.2) is 0 Å². The van der Waals surface area contributed by atoms with Crippen LogP contribution in [0.4, 0.5) is 0 Å². The van der Waals surface area contributed by atoms with Crippen LogP contribution in [0.3, 0.4) is 0 Å². The van der Waals surface area contributed by atoms with Gasteiger partial charge < -0.3 is 9.88 Å². The van der Waals surface area contributed by atoms with Crippen molar-refractivity contribution < 1.29 is 0 Å². The molecule has 2 aliphatic rings. The van der Waals surface area contributed by atoms with Gasteiger partial charge >= 0.3 is 0 Å². The zero-order valence-corrected chi connectivity index (χ0v) is 13.8. The normalized spacial score (nSPS) is 25.6. The molecule has 21 heavy (non-hydrogen) atoms. The van der Waals surface area contributed by atoms with Crippen LogP contribution >= 0.6 is 0 Å². The maximum Gasteiger partial charge on any atom is 0.0950 e. The van der Waals surface area contributed by atoms with Gasteiger partial charge in [0.25, 0.3) is 0 Å². The highest BCUT2D eigenvalue weighted by atomic mass is 15.1. The average molecular weight is 289 g/mol. The second-order valence-electron chi connectivity index (χ2n) is 7.15. The lowest BCUT2D eigenvalue weighted by Crippen LogP contribution is -2.52. The molecule has 0 bridgehead atoms. The van der Waals surface area contributed by atoms with Gasteiger partial charge in [-0.1, -0.05) is 33.1 Å². The van der Waals surface area contributed by atoms with Gasteiger partial charge in [-0.05, 0) is 45.1 Å². The molecule has 2 heterocycles. The summed E-state index contributed by atoms with van der Waals surface area (Å²) in [4.78, 5) is 4.49. The van der Waals surface area contributed by atoms with Crippen LogP contribution in [0.15, 0.2) is 12.5 Å². The first kappa shape index (κ1) is 15.1. The first-order chi connectivity index (χ1) is 10.3. The van der Waals surface area contributed by atoms with Crippen molar-refractivity contribution >= 4 is 0 Å². The summed E-state index contributed by atoms with van der Waals surface area (Å²) in [6.07, 6.45) is 16.2. The van der Waals surface area contributed by atoms with Crippen molar-refractivity contribution in [3.8, 4) is 0 Å². The summed E-state index contributed by atoms with van der Waals surface area (Å²) in [5.74, 6) is 0.671. The second-order valence-corrected chi connectivity index (χ2v) is 7.15. The van der Waals surface area contributed by atoms with Crippen LogP contribution in [0.5, 0.6) is 0 Å². The van der Waals surface area contributed by atoms with E-state index >= 15 is 0 Å². The van der Waals surface area contributed by atoms with E-state index in [2.05, 4.69) is 41.2 Å². The van der Waals surface area contributed by atoms with Crippen molar-refractivity contribution in [2.24, 2.45) is 0 Å². The number of aromatic nitrogens is 2. The highest BCUT2D eigenvalue weighted by molar-refractivity contribution is 5.09. The lowest BCUT2D eigenvalue weighted by atomic mass is 9.74. The van der Waals surface area contributed by atoms with Crippen molar-refractivity contribution in [1.29, 1.82) is 0 Å². The predicted molar refractivity (Wildman–Crippen MR) is 87.6 cm³/mol. The van der Waals surface area contributed by atoms with Crippen LogP contribution in [0.2, 0.25) is 0 Å². The Hall–Kier alpha value is -0.830. The highest BCUT2D eigenvalue weighted by Gasteiger charge is 2.38. The Balaban J connectivity index is 1.79. The first-order valence-corrected chi connectivity index (χ1v) is 9.05. The van der Waals surface area contributed by atoms with E-state index < -0.39 is 0 Å². The molecule has 0 aromatic carbocycles. The molecule has 1 aromatic heterocycles. The molecule has 1 atom stereocenters. The molecule has 1 spiro atoms. The molecule has 3 nitrogen and oxygen atoms in total. The lowest BCUT2D eigenvalue weighted by molar-refractivity contribution is 0.144. The van der Waals surface area contributed by atoms with Gasteiger partial charge in [0, 0.05) is 29.4 Å². The summed E-state index contributed by atoms with van der Waals surface area (Å²) in [6, 6.07) is 0.655. The molecule has 2 fully saturated rings. The van der Waals surface area contributed by atoms with Crippen molar-refractivity contribution in [1.82, 2.24) is 14.9 Å². The number of hydrogen-bond donors (Lipinski definition) is 1. The zero-order chi connectivity index (χ0) is 14.7. The van der Waals surface area contributed by atoms with Crippen LogP contribution in [0.25, 0.3) is 0 Å². The fourth-order valence-electron chi connectivity index (χ4n) is 4.62. The average Bonchev–Trinajstić information content (AvgIpc) is 2.99. The van der Waals surface area contributed by atoms with Gasteiger partial charge in [0.2, 0.25) is 0 Å². The van der Waals surface area contributed by atoms with E-state index in [1.54, 1.807) is 0 Å². The van der Waals surface area contributed by atoms with E-state index in [4.69, 9.17) is 0 Å². The monoisotopic (exact) mass is 289 g/mol. The van der Waals surface area contributed by atoms with Crippen LogP contribution in [-0.4, -0.2) is 21.6 Å². The summed E-state index contributed by atoms with van der Waals surface area (Å²) in [5, 5.41) is 3.87. The fraction of sp³-hybridized carbons (Fsp3) is 0.833. The quantitative estimate of drug-likeness (QED) is 0.889. The summed E-state index contributed by atoms with van der Waals surface area (Å²) < 4.78 is 2.52. The van der Waals surface area contributed by atoms with Crippen LogP contribution in [-0.2, 0) is 0 Å². The molecule has 1 saturated heterocycles. The Kier molecular flexibility index (Phi) is 4.68. The Labute approximate surface area is 129 Å². The number of rotatable bonds is 4. The topological polar surface area (TPSA) is 29.9 Å². The first-order valence-electron chi connectivity index (χ1n) is 9.05. The maximum absolute atomic E-state index is 4.49. The largest absolute Gasteiger partial charge is 0.331 e. The third kappa shape index (κ3) is 3.03. The summed E-state index contributed by atoms with van der Waals surface area (Å²) in [6.45, 7) is 5.78. The standard InChI is InChI=1S/C18H31N3/c1-3-15(4-2)17-13-19-14-21(17)16-8-11-20-18(12-16)9-6-5-7-10-18/h13-16,20H,3-12H2,1-2H3. The smallest absolute Gasteiger partial charge is 0.0950 e. The van der Waals surface area contributed by atoms with Crippen LogP contribution in [0, 0.1) is 0 Å². The van der Waals surface area contributed by atoms with E-state index in [9.17, 15) is 0 Å². The van der Waals surface area contributed by atoms with Gasteiger partial charge in [-0.3, -0.25) is 0 Å². The molecule has 3 heteroatoms. The van der Waals surface area contributed by atoms with Gasteiger partial charge in [0.05, 0.1) is 6.33 Å². The molecule has 1 unspecified atom stereocenters. The molecule has 0 radical (unpaired) electrons. The molecule has 1 aromatic rings. The minimum Gasteiger partial charge on any atom is -0.331 e. The summed E-state index contributed by atoms with van der Waals surface area (Å²) >= 11 is 0. The molecule has 1 N–H and O–H groups in total. The third-order valence-corrected chi connectivity index (χ3v) is 5.91. The zero-order valence-electron chi connectivity index (χ0n) is 13.8. The lowest BCUT2D eigenvalue weighted by Gasteiger charge is -2.45. The fourth-order valence-corrected chi connectivity index (χ4v) is 4.62. The summed E-state index contributed by atoms with van der Waals surface area (Å²) in [7, 11) is 0. The van der Waals surface area contributed by atoms with Gasteiger partial charge in [-0.15, -0.1) is 0 Å². The molecule has 1 aliphatic carbocycles. The molecular weight excluding hydrogens is 258 g/mol. The van der Waals surface area contributed by atoms with Crippen molar-refractivity contribution in [3.05, 3.63) is 18.2 Å². The molecule has 1 aliphatic heterocycles. The number of hydrogen-bond acceptors (Lipinski definition) is 2. The minimum absolute atomic E-state index is 0.427. The van der Waals surface area contributed by atoms with Crippen LogP contribution in [0.1, 0.15) is 89.3 Å². The molecular formula is C18H31N3.